The van der Waals surface area contributed by atoms with Crippen molar-refractivity contribution in [1.29, 1.82) is 0 Å². The first-order chi connectivity index (χ1) is 13.0. The van der Waals surface area contributed by atoms with Crippen molar-refractivity contribution in [2.75, 3.05) is 0 Å². The van der Waals surface area contributed by atoms with Crippen molar-refractivity contribution in [2.24, 2.45) is 4.99 Å². The lowest BCUT2D eigenvalue weighted by Crippen LogP contribution is -2.71. The minimum absolute atomic E-state index is 0.0191. The summed E-state index contributed by atoms with van der Waals surface area (Å²) >= 11 is 0. The van der Waals surface area contributed by atoms with Crippen LogP contribution in [0.3, 0.4) is 0 Å². The summed E-state index contributed by atoms with van der Waals surface area (Å²) in [5, 5.41) is 2.30. The van der Waals surface area contributed by atoms with E-state index in [2.05, 4.69) is 10.3 Å². The topological polar surface area (TPSA) is 33.6 Å². The number of benzene rings is 2. The molecular formula is C19H16F6N2O. The summed E-state index contributed by atoms with van der Waals surface area (Å²) in [7, 11) is 0. The summed E-state index contributed by atoms with van der Waals surface area (Å²) in [5.74, 6) is -0.724. The molecule has 1 unspecified atom stereocenters. The van der Waals surface area contributed by atoms with E-state index in [1.807, 2.05) is 0 Å². The zero-order chi connectivity index (χ0) is 20.6. The number of aliphatic imine (C=N–C) groups is 1. The molecule has 0 saturated carbocycles. The molecule has 0 spiro atoms. The zero-order valence-electron chi connectivity index (χ0n) is 14.6. The molecule has 1 heterocycles. The smallest absolute Gasteiger partial charge is 0.428 e. The van der Waals surface area contributed by atoms with E-state index in [1.54, 1.807) is 36.4 Å². The molecule has 2 aromatic rings. The van der Waals surface area contributed by atoms with E-state index in [0.717, 1.165) is 6.92 Å². The molecule has 0 aliphatic carbocycles. The number of ether oxygens (including phenoxy) is 1. The molecule has 3 rings (SSSR count). The lowest BCUT2D eigenvalue weighted by Gasteiger charge is -2.42. The first kappa shape index (κ1) is 20.2. The summed E-state index contributed by atoms with van der Waals surface area (Å²) in [4.78, 5) is 3.08. The van der Waals surface area contributed by atoms with Gasteiger partial charge in [0.25, 0.3) is 0 Å². The molecule has 1 N–H and O–H groups in total. The minimum atomic E-state index is -5.75. The quantitative estimate of drug-likeness (QED) is 0.743. The largest absolute Gasteiger partial charge is 0.453 e. The predicted octanol–water partition coefficient (Wildman–Crippen LogP) is 4.83. The molecule has 0 aromatic heterocycles. The van der Waals surface area contributed by atoms with Crippen LogP contribution in [0.25, 0.3) is 0 Å². The molecule has 150 valence electrons. The number of nitrogens with one attached hydrogen (secondary N) is 1. The van der Waals surface area contributed by atoms with Gasteiger partial charge in [0.15, 0.2) is 0 Å². The van der Waals surface area contributed by atoms with Crippen LogP contribution in [-0.2, 0) is 11.3 Å². The van der Waals surface area contributed by atoms with Crippen molar-refractivity contribution in [3.8, 4) is 0 Å². The fraction of sp³-hybridized carbons (Fsp3) is 0.316. The number of alkyl halides is 6. The number of hydrogen-bond donors (Lipinski definition) is 1. The molecule has 0 amide bonds. The highest BCUT2D eigenvalue weighted by Crippen LogP contribution is 2.55. The SMILES string of the molecule is CC1(NCc2ccccc2)OC(c2ccccc2)=NC1(C(F)(F)F)C(F)(F)F. The Morgan fingerprint density at radius 1 is 0.857 bits per heavy atom. The van der Waals surface area contributed by atoms with Crippen LogP contribution in [0, 0.1) is 0 Å². The highest BCUT2D eigenvalue weighted by Gasteiger charge is 2.83. The normalized spacial score (nSPS) is 21.9. The van der Waals surface area contributed by atoms with Crippen molar-refractivity contribution in [1.82, 2.24) is 5.32 Å². The Bertz CT molecular complexity index is 834. The molecule has 1 aliphatic heterocycles. The Kier molecular flexibility index (Phi) is 4.91. The third-order valence-corrected chi connectivity index (χ3v) is 4.57. The second kappa shape index (κ2) is 6.80. The molecule has 9 heteroatoms. The summed E-state index contributed by atoms with van der Waals surface area (Å²) in [6.07, 6.45) is -11.5. The Morgan fingerprint density at radius 2 is 1.36 bits per heavy atom. The van der Waals surface area contributed by atoms with Gasteiger partial charge in [-0.1, -0.05) is 48.5 Å². The fourth-order valence-electron chi connectivity index (χ4n) is 3.11. The van der Waals surface area contributed by atoms with E-state index in [1.165, 1.54) is 24.3 Å². The van der Waals surface area contributed by atoms with Gasteiger partial charge in [0.05, 0.1) is 0 Å². The molecule has 1 atom stereocenters. The Hall–Kier alpha value is -2.55. The number of nitrogens with zero attached hydrogens (tertiary/aromatic N) is 1. The van der Waals surface area contributed by atoms with Crippen molar-refractivity contribution >= 4 is 5.90 Å². The monoisotopic (exact) mass is 402 g/mol. The lowest BCUT2D eigenvalue weighted by molar-refractivity contribution is -0.330. The Balaban J connectivity index is 2.09. The summed E-state index contributed by atoms with van der Waals surface area (Å²) in [6.45, 7) is 0.444. The maximum Gasteiger partial charge on any atom is 0.428 e. The third-order valence-electron chi connectivity index (χ3n) is 4.57. The van der Waals surface area contributed by atoms with Crippen molar-refractivity contribution in [3.63, 3.8) is 0 Å². The Labute approximate surface area is 157 Å². The molecule has 0 fully saturated rings. The summed E-state index contributed by atoms with van der Waals surface area (Å²) < 4.78 is 88.5. The van der Waals surface area contributed by atoms with Gasteiger partial charge in [-0.2, -0.15) is 26.3 Å². The van der Waals surface area contributed by atoms with Crippen LogP contribution in [-0.4, -0.2) is 29.5 Å². The molecule has 0 saturated heterocycles. The molecule has 2 aromatic carbocycles. The van der Waals surface area contributed by atoms with Crippen molar-refractivity contribution in [2.45, 2.75) is 37.1 Å². The maximum absolute atomic E-state index is 13.9. The highest BCUT2D eigenvalue weighted by molar-refractivity contribution is 5.96. The van der Waals surface area contributed by atoms with E-state index in [9.17, 15) is 26.3 Å². The van der Waals surface area contributed by atoms with Crippen LogP contribution < -0.4 is 5.32 Å². The number of halogens is 6. The third kappa shape index (κ3) is 3.23. The van der Waals surface area contributed by atoms with Gasteiger partial charge in [0, 0.05) is 12.1 Å². The zero-order valence-corrected chi connectivity index (χ0v) is 14.6. The Morgan fingerprint density at radius 3 is 1.86 bits per heavy atom. The van der Waals surface area contributed by atoms with Crippen LogP contribution in [0.2, 0.25) is 0 Å². The first-order valence-electron chi connectivity index (χ1n) is 8.27. The van der Waals surface area contributed by atoms with E-state index in [0.29, 0.717) is 5.56 Å². The minimum Gasteiger partial charge on any atom is -0.453 e. The van der Waals surface area contributed by atoms with Crippen molar-refractivity contribution in [3.05, 3.63) is 71.8 Å². The molecule has 0 bridgehead atoms. The van der Waals surface area contributed by atoms with Crippen molar-refractivity contribution < 1.29 is 31.1 Å². The molecule has 0 radical (unpaired) electrons. The maximum atomic E-state index is 13.9. The van der Waals surface area contributed by atoms with Crippen LogP contribution in [0.5, 0.6) is 0 Å². The summed E-state index contributed by atoms with van der Waals surface area (Å²) in [5.41, 5.74) is -6.85. The average Bonchev–Trinajstić information content (AvgIpc) is 2.97. The second-order valence-electron chi connectivity index (χ2n) is 6.46. The van der Waals surface area contributed by atoms with E-state index in [-0.39, 0.29) is 12.1 Å². The van der Waals surface area contributed by atoms with Gasteiger partial charge in [-0.25, -0.2) is 4.99 Å². The molecule has 3 nitrogen and oxygen atoms in total. The van der Waals surface area contributed by atoms with Gasteiger partial charge >= 0.3 is 17.9 Å². The van der Waals surface area contributed by atoms with Crippen LogP contribution in [0.15, 0.2) is 65.7 Å². The number of rotatable bonds is 4. The molecular weight excluding hydrogens is 386 g/mol. The van der Waals surface area contributed by atoms with E-state index in [4.69, 9.17) is 4.74 Å². The summed E-state index contributed by atoms with van der Waals surface area (Å²) in [6, 6.07) is 15.3. The van der Waals surface area contributed by atoms with Gasteiger partial charge in [0.1, 0.15) is 0 Å². The van der Waals surface area contributed by atoms with Crippen LogP contribution >= 0.6 is 0 Å². The van der Waals surface area contributed by atoms with Gasteiger partial charge in [-0.15, -0.1) is 0 Å². The fourth-order valence-corrected chi connectivity index (χ4v) is 3.11. The number of hydrogen-bond acceptors (Lipinski definition) is 3. The predicted molar refractivity (Wildman–Crippen MR) is 90.6 cm³/mol. The second-order valence-corrected chi connectivity index (χ2v) is 6.46. The van der Waals surface area contributed by atoms with Gasteiger partial charge in [-0.3, -0.25) is 5.32 Å². The van der Waals surface area contributed by atoms with Gasteiger partial charge in [0.2, 0.25) is 11.6 Å². The average molecular weight is 402 g/mol. The molecule has 28 heavy (non-hydrogen) atoms. The van der Waals surface area contributed by atoms with Gasteiger partial charge in [-0.05, 0) is 24.6 Å². The first-order valence-corrected chi connectivity index (χ1v) is 8.27. The van der Waals surface area contributed by atoms with E-state index >= 15 is 0 Å². The van der Waals surface area contributed by atoms with Crippen LogP contribution in [0.1, 0.15) is 18.1 Å². The van der Waals surface area contributed by atoms with Gasteiger partial charge < -0.3 is 4.74 Å². The standard InChI is InChI=1S/C19H16F6N2O/c1-16(26-12-13-8-4-2-5-9-13)17(18(20,21)22,19(23,24)25)27-15(28-16)14-10-6-3-7-11-14/h2-11,26H,12H2,1H3. The van der Waals surface area contributed by atoms with Crippen LogP contribution in [0.4, 0.5) is 26.3 Å². The lowest BCUT2D eigenvalue weighted by atomic mass is 9.86. The molecule has 1 aliphatic rings. The van der Waals surface area contributed by atoms with E-state index < -0.39 is 29.5 Å². The highest BCUT2D eigenvalue weighted by atomic mass is 19.4.